The predicted molar refractivity (Wildman–Crippen MR) is 81.3 cm³/mol. The van der Waals surface area contributed by atoms with Crippen molar-refractivity contribution in [2.24, 2.45) is 5.73 Å². The Morgan fingerprint density at radius 2 is 2.06 bits per heavy atom. The molecule has 100 valence electrons. The van der Waals surface area contributed by atoms with E-state index in [1.807, 2.05) is 30.0 Å². The standard InChI is InChI=1S/C14H23N3S/c1-17(9-6-10-18-2)13(11-14(15)16)12-7-4-3-5-8-12/h3-5,7-8,13H,6,9-11H2,1-2H3,(H3,15,16). The van der Waals surface area contributed by atoms with Crippen molar-refractivity contribution in [3.63, 3.8) is 0 Å². The highest BCUT2D eigenvalue weighted by Gasteiger charge is 2.17. The van der Waals surface area contributed by atoms with Crippen molar-refractivity contribution in [3.05, 3.63) is 35.9 Å². The summed E-state index contributed by atoms with van der Waals surface area (Å²) in [6, 6.07) is 10.5. The van der Waals surface area contributed by atoms with Gasteiger partial charge in [-0.15, -0.1) is 0 Å². The van der Waals surface area contributed by atoms with Gasteiger partial charge in [0.15, 0.2) is 0 Å². The van der Waals surface area contributed by atoms with Gasteiger partial charge < -0.3 is 5.73 Å². The molecule has 0 aromatic heterocycles. The molecular formula is C14H23N3S. The molecule has 0 aliphatic rings. The Morgan fingerprint density at radius 1 is 1.39 bits per heavy atom. The average Bonchev–Trinajstić information content (AvgIpc) is 2.37. The maximum Gasteiger partial charge on any atom is 0.0924 e. The van der Waals surface area contributed by atoms with Crippen molar-refractivity contribution in [2.75, 3.05) is 25.6 Å². The number of nitrogens with two attached hydrogens (primary N) is 1. The highest BCUT2D eigenvalue weighted by atomic mass is 32.2. The van der Waals surface area contributed by atoms with E-state index < -0.39 is 0 Å². The van der Waals surface area contributed by atoms with Crippen molar-refractivity contribution in [1.29, 1.82) is 5.41 Å². The fourth-order valence-electron chi connectivity index (χ4n) is 2.03. The third-order valence-electron chi connectivity index (χ3n) is 2.99. The van der Waals surface area contributed by atoms with E-state index in [2.05, 4.69) is 30.3 Å². The summed E-state index contributed by atoms with van der Waals surface area (Å²) >= 11 is 1.87. The smallest absolute Gasteiger partial charge is 0.0924 e. The maximum absolute atomic E-state index is 7.53. The summed E-state index contributed by atoms with van der Waals surface area (Å²) in [5, 5.41) is 7.53. The van der Waals surface area contributed by atoms with Crippen LogP contribution in [0.3, 0.4) is 0 Å². The molecule has 0 aliphatic carbocycles. The molecule has 0 aliphatic heterocycles. The van der Waals surface area contributed by atoms with Gasteiger partial charge in [-0.05, 0) is 37.6 Å². The SMILES string of the molecule is CSCCCN(C)C(CC(=N)N)c1ccccc1. The second kappa shape index (κ2) is 8.16. The second-order valence-corrected chi connectivity index (χ2v) is 5.47. The highest BCUT2D eigenvalue weighted by molar-refractivity contribution is 7.98. The number of amidine groups is 1. The van der Waals surface area contributed by atoms with E-state index in [0.29, 0.717) is 6.42 Å². The van der Waals surface area contributed by atoms with Crippen LogP contribution in [0.2, 0.25) is 0 Å². The summed E-state index contributed by atoms with van der Waals surface area (Å²) in [6.45, 7) is 1.04. The number of benzene rings is 1. The molecule has 3 N–H and O–H groups in total. The summed E-state index contributed by atoms with van der Waals surface area (Å²) in [5.74, 6) is 1.42. The van der Waals surface area contributed by atoms with E-state index in [9.17, 15) is 0 Å². The maximum atomic E-state index is 7.53. The first-order chi connectivity index (χ1) is 8.65. The second-order valence-electron chi connectivity index (χ2n) is 4.48. The van der Waals surface area contributed by atoms with Crippen LogP contribution in [-0.4, -0.2) is 36.3 Å². The number of nitrogens with zero attached hydrogens (tertiary/aromatic N) is 1. The third kappa shape index (κ3) is 5.10. The zero-order valence-corrected chi connectivity index (χ0v) is 12.0. The van der Waals surface area contributed by atoms with Crippen LogP contribution in [-0.2, 0) is 0 Å². The van der Waals surface area contributed by atoms with Crippen molar-refractivity contribution >= 4 is 17.6 Å². The molecule has 0 heterocycles. The third-order valence-corrected chi connectivity index (χ3v) is 3.69. The van der Waals surface area contributed by atoms with Crippen LogP contribution >= 0.6 is 11.8 Å². The molecular weight excluding hydrogens is 242 g/mol. The van der Waals surface area contributed by atoms with E-state index in [4.69, 9.17) is 11.1 Å². The minimum atomic E-state index is 0.213. The summed E-state index contributed by atoms with van der Waals surface area (Å²) in [4.78, 5) is 2.30. The van der Waals surface area contributed by atoms with Crippen molar-refractivity contribution < 1.29 is 0 Å². The van der Waals surface area contributed by atoms with Crippen LogP contribution in [0.5, 0.6) is 0 Å². The Balaban J connectivity index is 2.69. The Morgan fingerprint density at radius 3 is 2.61 bits per heavy atom. The Kier molecular flexibility index (Phi) is 6.83. The molecule has 1 aromatic rings. The van der Waals surface area contributed by atoms with Gasteiger partial charge in [-0.2, -0.15) is 11.8 Å². The summed E-state index contributed by atoms with van der Waals surface area (Å²) in [5.41, 5.74) is 6.81. The van der Waals surface area contributed by atoms with Gasteiger partial charge in [0.05, 0.1) is 5.84 Å². The lowest BCUT2D eigenvalue weighted by atomic mass is 10.0. The fourth-order valence-corrected chi connectivity index (χ4v) is 2.44. The molecule has 0 amide bonds. The molecule has 0 fully saturated rings. The highest BCUT2D eigenvalue weighted by Crippen LogP contribution is 2.23. The Bertz CT molecular complexity index is 353. The molecule has 0 radical (unpaired) electrons. The van der Waals surface area contributed by atoms with Gasteiger partial charge in [-0.25, -0.2) is 0 Å². The largest absolute Gasteiger partial charge is 0.388 e. The van der Waals surface area contributed by atoms with Crippen molar-refractivity contribution in [3.8, 4) is 0 Å². The lowest BCUT2D eigenvalue weighted by Gasteiger charge is -2.28. The topological polar surface area (TPSA) is 53.1 Å². The first kappa shape index (κ1) is 15.1. The van der Waals surface area contributed by atoms with E-state index >= 15 is 0 Å². The monoisotopic (exact) mass is 265 g/mol. The summed E-state index contributed by atoms with van der Waals surface area (Å²) in [6.07, 6.45) is 3.89. The van der Waals surface area contributed by atoms with E-state index in [0.717, 1.165) is 6.54 Å². The first-order valence-electron chi connectivity index (χ1n) is 6.22. The molecule has 4 heteroatoms. The predicted octanol–water partition coefficient (Wildman–Crippen LogP) is 2.74. The Hall–Kier alpha value is -1.00. The van der Waals surface area contributed by atoms with Gasteiger partial charge in [0.2, 0.25) is 0 Å². The quantitative estimate of drug-likeness (QED) is 0.432. The van der Waals surface area contributed by atoms with Crippen LogP contribution in [0.15, 0.2) is 30.3 Å². The van der Waals surface area contributed by atoms with Gasteiger partial charge in [-0.1, -0.05) is 30.3 Å². The Labute approximate surface area is 114 Å². The molecule has 3 nitrogen and oxygen atoms in total. The van der Waals surface area contributed by atoms with Crippen LogP contribution in [0.25, 0.3) is 0 Å². The fraction of sp³-hybridized carbons (Fsp3) is 0.500. The molecule has 0 saturated carbocycles. The molecule has 0 bridgehead atoms. The summed E-state index contributed by atoms with van der Waals surface area (Å²) < 4.78 is 0. The lowest BCUT2D eigenvalue weighted by Crippen LogP contribution is -2.29. The van der Waals surface area contributed by atoms with E-state index in [1.165, 1.54) is 17.7 Å². The molecule has 0 saturated heterocycles. The van der Waals surface area contributed by atoms with E-state index in [-0.39, 0.29) is 11.9 Å². The minimum Gasteiger partial charge on any atom is -0.388 e. The van der Waals surface area contributed by atoms with Crippen LogP contribution in [0.4, 0.5) is 0 Å². The van der Waals surface area contributed by atoms with E-state index in [1.54, 1.807) is 0 Å². The minimum absolute atomic E-state index is 0.213. The lowest BCUT2D eigenvalue weighted by molar-refractivity contribution is 0.251. The number of rotatable bonds is 8. The number of thioether (sulfide) groups is 1. The number of nitrogens with one attached hydrogen (secondary N) is 1. The van der Waals surface area contributed by atoms with Crippen LogP contribution in [0, 0.1) is 5.41 Å². The normalized spacial score (nSPS) is 12.6. The molecule has 18 heavy (non-hydrogen) atoms. The molecule has 1 unspecified atom stereocenters. The first-order valence-corrected chi connectivity index (χ1v) is 7.61. The van der Waals surface area contributed by atoms with Gasteiger partial charge in [0, 0.05) is 12.5 Å². The summed E-state index contributed by atoms with van der Waals surface area (Å²) in [7, 11) is 2.11. The molecule has 1 rings (SSSR count). The molecule has 0 spiro atoms. The van der Waals surface area contributed by atoms with Crippen molar-refractivity contribution in [1.82, 2.24) is 4.90 Å². The number of hydrogen-bond acceptors (Lipinski definition) is 3. The number of hydrogen-bond donors (Lipinski definition) is 2. The molecule has 1 aromatic carbocycles. The zero-order chi connectivity index (χ0) is 13.4. The van der Waals surface area contributed by atoms with Gasteiger partial charge in [0.25, 0.3) is 0 Å². The van der Waals surface area contributed by atoms with Crippen LogP contribution in [0.1, 0.15) is 24.4 Å². The van der Waals surface area contributed by atoms with Crippen molar-refractivity contribution in [2.45, 2.75) is 18.9 Å². The average molecular weight is 265 g/mol. The van der Waals surface area contributed by atoms with Gasteiger partial charge in [0.1, 0.15) is 0 Å². The zero-order valence-electron chi connectivity index (χ0n) is 11.2. The van der Waals surface area contributed by atoms with Crippen LogP contribution < -0.4 is 5.73 Å². The molecule has 1 atom stereocenters. The van der Waals surface area contributed by atoms with Gasteiger partial charge in [-0.3, -0.25) is 10.3 Å². The van der Waals surface area contributed by atoms with Gasteiger partial charge >= 0.3 is 0 Å².